The predicted octanol–water partition coefficient (Wildman–Crippen LogP) is 3.94. The summed E-state index contributed by atoms with van der Waals surface area (Å²) in [6.07, 6.45) is 2.04. The fraction of sp³-hybridized carbons (Fsp3) is 0.391. The van der Waals surface area contributed by atoms with Crippen LogP contribution in [0.3, 0.4) is 0 Å². The molecule has 6 nitrogen and oxygen atoms in total. The van der Waals surface area contributed by atoms with Gasteiger partial charge < -0.3 is 19.5 Å². The lowest BCUT2D eigenvalue weighted by Crippen LogP contribution is -2.48. The van der Waals surface area contributed by atoms with Crippen LogP contribution < -0.4 is 15.0 Å². The number of hydrogen-bond donors (Lipinski definition) is 1. The number of anilines is 1. The third-order valence-corrected chi connectivity index (χ3v) is 6.46. The van der Waals surface area contributed by atoms with Crippen LogP contribution in [0.1, 0.15) is 19.8 Å². The molecule has 1 N–H and O–H groups in total. The lowest BCUT2D eigenvalue weighted by atomic mass is 10.0. The van der Waals surface area contributed by atoms with Gasteiger partial charge in [-0.15, -0.1) is 0 Å². The van der Waals surface area contributed by atoms with E-state index >= 15 is 0 Å². The Morgan fingerprint density at radius 1 is 1.23 bits per heavy atom. The molecule has 4 rings (SSSR count). The Hall–Kier alpha value is -2.67. The standard InChI is InChI=1S/C23H28N4O2S/c1-3-27-19-11-5-4-10-18(19)25-23(27)30-16-22(28)24-17-9-8-14-26(15-17)20-12-6-7-13-21(20)29-2/h4-7,10-13,17H,3,8-9,14-16H2,1-2H3,(H,24,28). The zero-order valence-electron chi connectivity index (χ0n) is 17.5. The molecule has 0 radical (unpaired) electrons. The average molecular weight is 425 g/mol. The van der Waals surface area contributed by atoms with Crippen LogP contribution in [0.2, 0.25) is 0 Å². The highest BCUT2D eigenvalue weighted by atomic mass is 32.2. The SMILES string of the molecule is CCn1c(SCC(=O)NC2CCCN(c3ccccc3OC)C2)nc2ccccc21. The number of imidazole rings is 1. The van der Waals surface area contributed by atoms with Crippen molar-refractivity contribution < 1.29 is 9.53 Å². The number of carbonyl (C=O) groups excluding carboxylic acids is 1. The van der Waals surface area contributed by atoms with Crippen LogP contribution in [0.25, 0.3) is 11.0 Å². The summed E-state index contributed by atoms with van der Waals surface area (Å²) in [5, 5.41) is 4.11. The second-order valence-corrected chi connectivity index (χ2v) is 8.38. The number of aromatic nitrogens is 2. The Bertz CT molecular complexity index is 1020. The van der Waals surface area contributed by atoms with Gasteiger partial charge in [-0.1, -0.05) is 36.0 Å². The number of benzene rings is 2. The maximum Gasteiger partial charge on any atom is 0.230 e. The number of para-hydroxylation sites is 4. The number of fused-ring (bicyclic) bond motifs is 1. The van der Waals surface area contributed by atoms with Crippen molar-refractivity contribution in [2.45, 2.75) is 37.5 Å². The molecular weight excluding hydrogens is 396 g/mol. The monoisotopic (exact) mass is 424 g/mol. The Morgan fingerprint density at radius 2 is 2.03 bits per heavy atom. The number of hydrogen-bond acceptors (Lipinski definition) is 5. The zero-order chi connectivity index (χ0) is 20.9. The molecule has 1 aromatic heterocycles. The molecule has 1 aliphatic rings. The molecule has 158 valence electrons. The Kier molecular flexibility index (Phi) is 6.47. The lowest BCUT2D eigenvalue weighted by Gasteiger charge is -2.35. The van der Waals surface area contributed by atoms with Crippen LogP contribution >= 0.6 is 11.8 Å². The van der Waals surface area contributed by atoms with E-state index in [4.69, 9.17) is 9.72 Å². The normalized spacial score (nSPS) is 16.6. The number of ether oxygens (including phenoxy) is 1. The summed E-state index contributed by atoms with van der Waals surface area (Å²) in [5.74, 6) is 1.30. The molecule has 1 aliphatic heterocycles. The minimum absolute atomic E-state index is 0.0570. The van der Waals surface area contributed by atoms with E-state index in [9.17, 15) is 4.79 Å². The van der Waals surface area contributed by atoms with Gasteiger partial charge in [0.2, 0.25) is 5.91 Å². The Labute approximate surface area is 181 Å². The molecule has 1 unspecified atom stereocenters. The molecule has 0 saturated carbocycles. The molecule has 7 heteroatoms. The summed E-state index contributed by atoms with van der Waals surface area (Å²) in [7, 11) is 1.70. The number of nitrogens with one attached hydrogen (secondary N) is 1. The fourth-order valence-corrected chi connectivity index (χ4v) is 4.96. The van der Waals surface area contributed by atoms with E-state index in [2.05, 4.69) is 33.8 Å². The largest absolute Gasteiger partial charge is 0.495 e. The first kappa shape index (κ1) is 20.6. The van der Waals surface area contributed by atoms with Crippen LogP contribution in [0.5, 0.6) is 5.75 Å². The van der Waals surface area contributed by atoms with Crippen molar-refractivity contribution in [3.05, 3.63) is 48.5 Å². The van der Waals surface area contributed by atoms with E-state index in [-0.39, 0.29) is 11.9 Å². The zero-order valence-corrected chi connectivity index (χ0v) is 18.3. The maximum absolute atomic E-state index is 12.7. The summed E-state index contributed by atoms with van der Waals surface area (Å²) in [5.41, 5.74) is 3.18. The number of aryl methyl sites for hydroxylation is 1. The summed E-state index contributed by atoms with van der Waals surface area (Å²) in [6, 6.07) is 16.3. The van der Waals surface area contributed by atoms with Crippen molar-refractivity contribution in [1.82, 2.24) is 14.9 Å². The van der Waals surface area contributed by atoms with Gasteiger partial charge in [-0.2, -0.15) is 0 Å². The van der Waals surface area contributed by atoms with Crippen molar-refractivity contribution in [2.24, 2.45) is 0 Å². The van der Waals surface area contributed by atoms with Gasteiger partial charge in [0, 0.05) is 25.7 Å². The molecule has 1 fully saturated rings. The molecule has 1 saturated heterocycles. The summed E-state index contributed by atoms with van der Waals surface area (Å²) in [6.45, 7) is 4.71. The number of methoxy groups -OCH3 is 1. The van der Waals surface area contributed by atoms with Gasteiger partial charge in [0.25, 0.3) is 0 Å². The molecule has 2 aromatic carbocycles. The summed E-state index contributed by atoms with van der Waals surface area (Å²) >= 11 is 1.50. The second-order valence-electron chi connectivity index (χ2n) is 7.44. The number of rotatable bonds is 7. The molecule has 1 amide bonds. The molecule has 30 heavy (non-hydrogen) atoms. The highest BCUT2D eigenvalue weighted by molar-refractivity contribution is 7.99. The highest BCUT2D eigenvalue weighted by Gasteiger charge is 2.23. The van der Waals surface area contributed by atoms with E-state index in [1.807, 2.05) is 36.4 Å². The van der Waals surface area contributed by atoms with Crippen LogP contribution in [-0.2, 0) is 11.3 Å². The first-order valence-electron chi connectivity index (χ1n) is 10.4. The average Bonchev–Trinajstić information content (AvgIpc) is 3.15. The van der Waals surface area contributed by atoms with Gasteiger partial charge in [0.15, 0.2) is 5.16 Å². The van der Waals surface area contributed by atoms with Crippen molar-refractivity contribution in [3.63, 3.8) is 0 Å². The Balaban J connectivity index is 1.36. The second kappa shape index (κ2) is 9.43. The topological polar surface area (TPSA) is 59.4 Å². The minimum Gasteiger partial charge on any atom is -0.495 e. The van der Waals surface area contributed by atoms with Crippen molar-refractivity contribution >= 4 is 34.4 Å². The minimum atomic E-state index is 0.0570. The molecule has 3 aromatic rings. The van der Waals surface area contributed by atoms with E-state index in [1.54, 1.807) is 7.11 Å². The Morgan fingerprint density at radius 3 is 2.87 bits per heavy atom. The van der Waals surface area contributed by atoms with Gasteiger partial charge in [0.1, 0.15) is 5.75 Å². The van der Waals surface area contributed by atoms with Crippen molar-refractivity contribution in [3.8, 4) is 5.75 Å². The van der Waals surface area contributed by atoms with Crippen molar-refractivity contribution in [2.75, 3.05) is 30.9 Å². The van der Waals surface area contributed by atoms with E-state index < -0.39 is 0 Å². The van der Waals surface area contributed by atoms with E-state index in [0.29, 0.717) is 5.75 Å². The van der Waals surface area contributed by atoms with Gasteiger partial charge in [-0.25, -0.2) is 4.98 Å². The number of carbonyl (C=O) groups is 1. The number of amides is 1. The van der Waals surface area contributed by atoms with Crippen LogP contribution in [0.15, 0.2) is 53.7 Å². The summed E-state index contributed by atoms with van der Waals surface area (Å²) in [4.78, 5) is 19.7. The summed E-state index contributed by atoms with van der Waals surface area (Å²) < 4.78 is 7.67. The number of thioether (sulfide) groups is 1. The third kappa shape index (κ3) is 4.41. The quantitative estimate of drug-likeness (QED) is 0.582. The van der Waals surface area contributed by atoms with Crippen molar-refractivity contribution in [1.29, 1.82) is 0 Å². The van der Waals surface area contributed by atoms with Crippen LogP contribution in [0.4, 0.5) is 5.69 Å². The number of piperidine rings is 1. The van der Waals surface area contributed by atoms with Gasteiger partial charge >= 0.3 is 0 Å². The molecule has 0 bridgehead atoms. The number of nitrogens with zero attached hydrogens (tertiary/aromatic N) is 3. The van der Waals surface area contributed by atoms with Gasteiger partial charge in [-0.3, -0.25) is 4.79 Å². The highest BCUT2D eigenvalue weighted by Crippen LogP contribution is 2.30. The maximum atomic E-state index is 12.7. The van der Waals surface area contributed by atoms with Gasteiger partial charge in [-0.05, 0) is 44.0 Å². The van der Waals surface area contributed by atoms with Crippen LogP contribution in [0, 0.1) is 0 Å². The lowest BCUT2D eigenvalue weighted by molar-refractivity contribution is -0.119. The smallest absolute Gasteiger partial charge is 0.230 e. The molecular formula is C23H28N4O2S. The first-order valence-corrected chi connectivity index (χ1v) is 11.4. The van der Waals surface area contributed by atoms with E-state index in [0.717, 1.165) is 60.1 Å². The molecule has 0 aliphatic carbocycles. The third-order valence-electron chi connectivity index (χ3n) is 5.48. The first-order chi connectivity index (χ1) is 14.7. The van der Waals surface area contributed by atoms with Crippen LogP contribution in [-0.4, -0.2) is 47.5 Å². The molecule has 0 spiro atoms. The molecule has 1 atom stereocenters. The van der Waals surface area contributed by atoms with E-state index in [1.165, 1.54) is 11.8 Å². The predicted molar refractivity (Wildman–Crippen MR) is 123 cm³/mol. The van der Waals surface area contributed by atoms with Gasteiger partial charge in [0.05, 0.1) is 29.6 Å². The molecule has 2 heterocycles. The fourth-order valence-electron chi connectivity index (χ4n) is 4.07.